The van der Waals surface area contributed by atoms with Gasteiger partial charge in [-0.05, 0) is 43.4 Å². The van der Waals surface area contributed by atoms with E-state index in [1.165, 1.54) is 37.1 Å². The number of benzene rings is 1. The van der Waals surface area contributed by atoms with Crippen LogP contribution in [0.4, 0.5) is 4.39 Å². The molecule has 0 aromatic heterocycles. The highest BCUT2D eigenvalue weighted by atomic mass is 32.2. The number of methoxy groups -OCH3 is 1. The van der Waals surface area contributed by atoms with Crippen molar-refractivity contribution < 1.29 is 28.9 Å². The minimum absolute atomic E-state index is 0.0839. The van der Waals surface area contributed by atoms with E-state index in [-0.39, 0.29) is 41.1 Å². The highest BCUT2D eigenvalue weighted by Gasteiger charge is 2.41. The number of carbonyl (C=O) groups is 2. The Morgan fingerprint density at radius 2 is 2.00 bits per heavy atom. The Balaban J connectivity index is 1.91. The third-order valence-electron chi connectivity index (χ3n) is 6.28. The number of ketones is 1. The third-order valence-corrected chi connectivity index (χ3v) is 7.84. The van der Waals surface area contributed by atoms with E-state index >= 15 is 0 Å². The molecule has 2 rings (SSSR count). The molecule has 1 fully saturated rings. The van der Waals surface area contributed by atoms with Gasteiger partial charge in [0.2, 0.25) is 0 Å². The molecule has 0 radical (unpaired) electrons. The minimum atomic E-state index is -0.696. The number of carbonyl (C=O) groups excluding carboxylic acids is 2. The fourth-order valence-electron chi connectivity index (χ4n) is 4.39. The molecule has 0 saturated heterocycles. The van der Waals surface area contributed by atoms with Crippen LogP contribution in [0.15, 0.2) is 36.4 Å². The zero-order chi connectivity index (χ0) is 24.2. The molecule has 33 heavy (non-hydrogen) atoms. The van der Waals surface area contributed by atoms with Crippen LogP contribution in [-0.4, -0.2) is 52.3 Å². The molecule has 7 heteroatoms. The second-order valence-corrected chi connectivity index (χ2v) is 9.93. The Kier molecular flexibility index (Phi) is 12.1. The molecule has 5 nitrogen and oxygen atoms in total. The lowest BCUT2D eigenvalue weighted by Gasteiger charge is -2.26. The van der Waals surface area contributed by atoms with Crippen molar-refractivity contribution in [1.29, 1.82) is 0 Å². The van der Waals surface area contributed by atoms with Crippen molar-refractivity contribution in [3.05, 3.63) is 47.8 Å². The van der Waals surface area contributed by atoms with E-state index in [0.717, 1.165) is 44.1 Å². The second-order valence-electron chi connectivity index (χ2n) is 8.72. The fourth-order valence-corrected chi connectivity index (χ4v) is 5.88. The number of hydrogen-bond donors (Lipinski definition) is 2. The van der Waals surface area contributed by atoms with Crippen LogP contribution in [0.3, 0.4) is 0 Å². The third kappa shape index (κ3) is 8.87. The van der Waals surface area contributed by atoms with Gasteiger partial charge in [0.1, 0.15) is 11.6 Å². The number of aliphatic hydroxyl groups excluding tert-OH is 2. The molecule has 3 unspecified atom stereocenters. The zero-order valence-electron chi connectivity index (χ0n) is 19.6. The molecule has 184 valence electrons. The number of esters is 1. The first-order valence-corrected chi connectivity index (χ1v) is 12.9. The smallest absolute Gasteiger partial charge is 0.330 e. The summed E-state index contributed by atoms with van der Waals surface area (Å²) in [5.74, 6) is -0.501. The van der Waals surface area contributed by atoms with Gasteiger partial charge in [-0.2, -0.15) is 11.8 Å². The number of allylic oxidation sites excluding steroid dienone is 1. The molecule has 1 aliphatic rings. The molecule has 0 aliphatic heterocycles. The van der Waals surface area contributed by atoms with Crippen molar-refractivity contribution >= 4 is 23.5 Å². The van der Waals surface area contributed by atoms with Crippen LogP contribution in [-0.2, 0) is 14.3 Å². The van der Waals surface area contributed by atoms with Crippen LogP contribution >= 0.6 is 11.8 Å². The summed E-state index contributed by atoms with van der Waals surface area (Å²) in [5.41, 5.74) is 0.914. The number of unbranched alkanes of at least 4 members (excludes halogenated alkanes) is 3. The van der Waals surface area contributed by atoms with E-state index in [0.29, 0.717) is 12.2 Å². The molecule has 1 aromatic carbocycles. The fraction of sp³-hybridized carbons (Fsp3) is 0.615. The summed E-state index contributed by atoms with van der Waals surface area (Å²) in [4.78, 5) is 23.6. The molecular formula is C26H37FO5S. The first kappa shape index (κ1) is 27.5. The molecule has 0 amide bonds. The van der Waals surface area contributed by atoms with Gasteiger partial charge in [0.05, 0.1) is 19.3 Å². The summed E-state index contributed by atoms with van der Waals surface area (Å²) in [7, 11) is 1.34. The van der Waals surface area contributed by atoms with E-state index in [9.17, 15) is 24.2 Å². The largest absolute Gasteiger partial charge is 0.466 e. The molecule has 0 spiro atoms. The zero-order valence-corrected chi connectivity index (χ0v) is 20.4. The number of ether oxygens (including phenoxy) is 1. The summed E-state index contributed by atoms with van der Waals surface area (Å²) in [6.07, 6.45) is 7.85. The lowest BCUT2D eigenvalue weighted by Crippen LogP contribution is -2.28. The van der Waals surface area contributed by atoms with Crippen LogP contribution in [0, 0.1) is 11.7 Å². The topological polar surface area (TPSA) is 83.8 Å². The standard InChI is InChI=1S/C26H37FO5S/c1-3-4-9-20(18-12-14-19(27)15-13-18)24(30)17-33-26-21(22(28)16-23(26)29)10-7-5-6-8-11-25(31)32-2/h8,11-15,20-21,23-24,26,29-30H,3-7,9-10,16-17H2,1-2H3/t20?,21-,23?,24?,26+/m0/s1. The van der Waals surface area contributed by atoms with Crippen LogP contribution < -0.4 is 0 Å². The normalized spacial score (nSPS) is 22.6. The minimum Gasteiger partial charge on any atom is -0.466 e. The number of hydrogen-bond acceptors (Lipinski definition) is 6. The predicted octanol–water partition coefficient (Wildman–Crippen LogP) is 4.80. The summed E-state index contributed by atoms with van der Waals surface area (Å²) >= 11 is 1.48. The van der Waals surface area contributed by atoms with Crippen molar-refractivity contribution in [3.8, 4) is 0 Å². The average Bonchev–Trinajstić information content (AvgIpc) is 3.07. The SMILES string of the molecule is CCCCC(c1ccc(F)cc1)C(O)CS[C@H]1C(O)CC(=O)[C@@H]1CCCCC=CC(=O)OC. The molecule has 5 atom stereocenters. The van der Waals surface area contributed by atoms with Crippen molar-refractivity contribution in [2.45, 2.75) is 81.7 Å². The lowest BCUT2D eigenvalue weighted by molar-refractivity contribution is -0.134. The Labute approximate surface area is 200 Å². The van der Waals surface area contributed by atoms with Gasteiger partial charge in [0.15, 0.2) is 0 Å². The molecule has 0 bridgehead atoms. The number of rotatable bonds is 14. The van der Waals surface area contributed by atoms with E-state index in [4.69, 9.17) is 0 Å². The summed E-state index contributed by atoms with van der Waals surface area (Å²) in [6, 6.07) is 6.30. The van der Waals surface area contributed by atoms with Crippen LogP contribution in [0.25, 0.3) is 0 Å². The summed E-state index contributed by atoms with van der Waals surface area (Å²) in [6.45, 7) is 2.10. The highest BCUT2D eigenvalue weighted by molar-refractivity contribution is 8.00. The summed E-state index contributed by atoms with van der Waals surface area (Å²) < 4.78 is 17.9. The molecule has 1 aliphatic carbocycles. The van der Waals surface area contributed by atoms with E-state index in [1.807, 2.05) is 0 Å². The van der Waals surface area contributed by atoms with Gasteiger partial charge in [0, 0.05) is 35.3 Å². The lowest BCUT2D eigenvalue weighted by atomic mass is 9.89. The Bertz CT molecular complexity index is 766. The van der Waals surface area contributed by atoms with Crippen molar-refractivity contribution in [2.75, 3.05) is 12.9 Å². The molecule has 2 N–H and O–H groups in total. The first-order chi connectivity index (χ1) is 15.9. The highest BCUT2D eigenvalue weighted by Crippen LogP contribution is 2.38. The Morgan fingerprint density at radius 3 is 2.67 bits per heavy atom. The Morgan fingerprint density at radius 1 is 1.27 bits per heavy atom. The first-order valence-electron chi connectivity index (χ1n) is 11.9. The van der Waals surface area contributed by atoms with E-state index in [1.54, 1.807) is 18.2 Å². The molecule has 1 saturated carbocycles. The monoisotopic (exact) mass is 480 g/mol. The van der Waals surface area contributed by atoms with Gasteiger partial charge in [-0.3, -0.25) is 4.79 Å². The van der Waals surface area contributed by atoms with Gasteiger partial charge in [-0.25, -0.2) is 9.18 Å². The molecular weight excluding hydrogens is 443 g/mol. The van der Waals surface area contributed by atoms with Crippen LogP contribution in [0.1, 0.15) is 69.8 Å². The number of aliphatic hydroxyl groups is 2. The average molecular weight is 481 g/mol. The van der Waals surface area contributed by atoms with Gasteiger partial charge in [0.25, 0.3) is 0 Å². The van der Waals surface area contributed by atoms with Crippen molar-refractivity contribution in [2.24, 2.45) is 5.92 Å². The Hall–Kier alpha value is -1.70. The molecule has 1 aromatic rings. The van der Waals surface area contributed by atoms with Gasteiger partial charge in [-0.15, -0.1) is 0 Å². The van der Waals surface area contributed by atoms with Gasteiger partial charge < -0.3 is 14.9 Å². The van der Waals surface area contributed by atoms with Crippen LogP contribution in [0.5, 0.6) is 0 Å². The van der Waals surface area contributed by atoms with Gasteiger partial charge >= 0.3 is 5.97 Å². The maximum atomic E-state index is 13.4. The van der Waals surface area contributed by atoms with E-state index in [2.05, 4.69) is 11.7 Å². The quantitative estimate of drug-likeness (QED) is 0.226. The summed E-state index contributed by atoms with van der Waals surface area (Å²) in [5, 5.41) is 21.2. The van der Waals surface area contributed by atoms with Crippen molar-refractivity contribution in [3.63, 3.8) is 0 Å². The number of Topliss-reactive ketones (excluding diaryl/α,β-unsaturated/α-hetero) is 1. The van der Waals surface area contributed by atoms with E-state index < -0.39 is 12.2 Å². The number of halogens is 1. The predicted molar refractivity (Wildman–Crippen MR) is 130 cm³/mol. The number of thioether (sulfide) groups is 1. The second kappa shape index (κ2) is 14.5. The molecule has 0 heterocycles. The van der Waals surface area contributed by atoms with Crippen LogP contribution in [0.2, 0.25) is 0 Å². The van der Waals surface area contributed by atoms with Gasteiger partial charge in [-0.1, -0.05) is 44.4 Å². The van der Waals surface area contributed by atoms with Crippen molar-refractivity contribution in [1.82, 2.24) is 0 Å². The maximum Gasteiger partial charge on any atom is 0.330 e. The maximum absolute atomic E-state index is 13.4.